The van der Waals surface area contributed by atoms with Crippen LogP contribution in [0.5, 0.6) is 0 Å². The number of benzene rings is 2. The molecule has 0 unspecified atom stereocenters. The number of nitrogens with one attached hydrogen (secondary N) is 2. The van der Waals surface area contributed by atoms with Crippen molar-refractivity contribution in [3.8, 4) is 0 Å². The number of nitrogens with zero attached hydrogens (tertiary/aromatic N) is 2. The van der Waals surface area contributed by atoms with Crippen LogP contribution in [-0.2, 0) is 4.79 Å². The van der Waals surface area contributed by atoms with E-state index in [2.05, 4.69) is 20.4 Å². The first-order valence-electron chi connectivity index (χ1n) is 10.9. The second-order valence-electron chi connectivity index (χ2n) is 7.97. The molecule has 3 N–H and O–H groups in total. The average Bonchev–Trinajstić information content (AvgIpc) is 2.78. The summed E-state index contributed by atoms with van der Waals surface area (Å²) in [6.45, 7) is 7.74. The van der Waals surface area contributed by atoms with Crippen molar-refractivity contribution in [3.05, 3.63) is 59.2 Å². The van der Waals surface area contributed by atoms with Crippen molar-refractivity contribution in [2.75, 3.05) is 49.5 Å². The van der Waals surface area contributed by atoms with E-state index in [1.165, 1.54) is 6.07 Å². The van der Waals surface area contributed by atoms with E-state index in [4.69, 9.17) is 0 Å². The zero-order valence-corrected chi connectivity index (χ0v) is 18.6. The molecule has 0 bridgehead atoms. The van der Waals surface area contributed by atoms with Crippen LogP contribution in [0.4, 0.5) is 11.4 Å². The van der Waals surface area contributed by atoms with Crippen molar-refractivity contribution in [1.29, 1.82) is 0 Å². The summed E-state index contributed by atoms with van der Waals surface area (Å²) in [5.41, 5.74) is 2.90. The summed E-state index contributed by atoms with van der Waals surface area (Å²) >= 11 is 0. The van der Waals surface area contributed by atoms with Crippen molar-refractivity contribution in [2.24, 2.45) is 0 Å². The SMILES string of the molecule is CCCNC(=O)CN1CCN(c2ccc(C(=O)O)cc2NC(=O)c2ccc(C)cc2)CC1. The highest BCUT2D eigenvalue weighted by Gasteiger charge is 2.22. The lowest BCUT2D eigenvalue weighted by atomic mass is 10.1. The summed E-state index contributed by atoms with van der Waals surface area (Å²) in [6.07, 6.45) is 0.906. The Kier molecular flexibility index (Phi) is 7.83. The molecule has 0 atom stereocenters. The summed E-state index contributed by atoms with van der Waals surface area (Å²) in [5, 5.41) is 15.2. The molecule has 0 radical (unpaired) electrons. The number of carbonyl (C=O) groups excluding carboxylic acids is 2. The van der Waals surface area contributed by atoms with E-state index in [-0.39, 0.29) is 17.4 Å². The number of rotatable bonds is 8. The van der Waals surface area contributed by atoms with Crippen molar-refractivity contribution in [1.82, 2.24) is 10.2 Å². The summed E-state index contributed by atoms with van der Waals surface area (Å²) in [6, 6.07) is 12.0. The van der Waals surface area contributed by atoms with Crippen LogP contribution in [-0.4, -0.2) is 67.1 Å². The predicted molar refractivity (Wildman–Crippen MR) is 124 cm³/mol. The molecule has 2 amide bonds. The highest BCUT2D eigenvalue weighted by Crippen LogP contribution is 2.29. The average molecular weight is 439 g/mol. The first-order chi connectivity index (χ1) is 15.4. The van der Waals surface area contributed by atoms with Crippen LogP contribution in [0.2, 0.25) is 0 Å². The number of amides is 2. The fourth-order valence-electron chi connectivity index (χ4n) is 3.61. The largest absolute Gasteiger partial charge is 0.478 e. The van der Waals surface area contributed by atoms with Crippen LogP contribution in [0.3, 0.4) is 0 Å². The minimum absolute atomic E-state index is 0.0251. The monoisotopic (exact) mass is 438 g/mol. The smallest absolute Gasteiger partial charge is 0.335 e. The minimum atomic E-state index is -1.05. The molecule has 0 aromatic heterocycles. The number of carboxylic acids is 1. The number of carbonyl (C=O) groups is 3. The van der Waals surface area contributed by atoms with E-state index in [0.29, 0.717) is 50.5 Å². The summed E-state index contributed by atoms with van der Waals surface area (Å²) < 4.78 is 0. The van der Waals surface area contributed by atoms with Gasteiger partial charge in [0.2, 0.25) is 5.91 Å². The molecule has 3 rings (SSSR count). The van der Waals surface area contributed by atoms with Gasteiger partial charge < -0.3 is 20.6 Å². The lowest BCUT2D eigenvalue weighted by Crippen LogP contribution is -2.49. The number of carboxylic acid groups (broad SMARTS) is 1. The molecule has 1 fully saturated rings. The van der Waals surface area contributed by atoms with E-state index in [1.54, 1.807) is 24.3 Å². The Morgan fingerprint density at radius 3 is 2.25 bits per heavy atom. The molecule has 170 valence electrons. The molecule has 0 aliphatic carbocycles. The van der Waals surface area contributed by atoms with Gasteiger partial charge >= 0.3 is 5.97 Å². The lowest BCUT2D eigenvalue weighted by molar-refractivity contribution is -0.122. The van der Waals surface area contributed by atoms with Crippen molar-refractivity contribution in [2.45, 2.75) is 20.3 Å². The lowest BCUT2D eigenvalue weighted by Gasteiger charge is -2.36. The molecule has 1 aliphatic heterocycles. The van der Waals surface area contributed by atoms with E-state index in [1.807, 2.05) is 26.0 Å². The van der Waals surface area contributed by atoms with Crippen LogP contribution >= 0.6 is 0 Å². The second-order valence-corrected chi connectivity index (χ2v) is 7.97. The number of anilines is 2. The molecular weight excluding hydrogens is 408 g/mol. The first-order valence-corrected chi connectivity index (χ1v) is 10.9. The number of aromatic carboxylic acids is 1. The van der Waals surface area contributed by atoms with Gasteiger partial charge in [-0.15, -0.1) is 0 Å². The van der Waals surface area contributed by atoms with E-state index in [9.17, 15) is 19.5 Å². The second kappa shape index (κ2) is 10.8. The summed E-state index contributed by atoms with van der Waals surface area (Å²) in [4.78, 5) is 40.4. The van der Waals surface area contributed by atoms with Crippen LogP contribution in [0.1, 0.15) is 39.6 Å². The number of aryl methyl sites for hydroxylation is 1. The third-order valence-electron chi connectivity index (χ3n) is 5.46. The van der Waals surface area contributed by atoms with Crippen LogP contribution in [0.25, 0.3) is 0 Å². The molecule has 32 heavy (non-hydrogen) atoms. The van der Waals surface area contributed by atoms with Crippen LogP contribution < -0.4 is 15.5 Å². The number of hydrogen-bond donors (Lipinski definition) is 3. The fraction of sp³-hybridized carbons (Fsp3) is 0.375. The quantitative estimate of drug-likeness (QED) is 0.586. The van der Waals surface area contributed by atoms with Crippen molar-refractivity contribution in [3.63, 3.8) is 0 Å². The third-order valence-corrected chi connectivity index (χ3v) is 5.46. The van der Waals surface area contributed by atoms with Gasteiger partial charge in [0.15, 0.2) is 0 Å². The molecule has 0 saturated carbocycles. The Morgan fingerprint density at radius 2 is 1.62 bits per heavy atom. The zero-order valence-electron chi connectivity index (χ0n) is 18.6. The maximum atomic E-state index is 12.8. The molecule has 8 heteroatoms. The van der Waals surface area contributed by atoms with Gasteiger partial charge in [0, 0.05) is 38.3 Å². The van der Waals surface area contributed by atoms with Crippen molar-refractivity contribution < 1.29 is 19.5 Å². The van der Waals surface area contributed by atoms with Gasteiger partial charge in [-0.1, -0.05) is 24.6 Å². The topological polar surface area (TPSA) is 102 Å². The molecular formula is C24H30N4O4. The van der Waals surface area contributed by atoms with Gasteiger partial charge in [-0.25, -0.2) is 4.79 Å². The van der Waals surface area contributed by atoms with Crippen LogP contribution in [0, 0.1) is 6.92 Å². The normalized spacial score (nSPS) is 14.1. The summed E-state index contributed by atoms with van der Waals surface area (Å²) in [7, 11) is 0. The molecule has 0 spiro atoms. The molecule has 2 aromatic carbocycles. The van der Waals surface area contributed by atoms with Crippen molar-refractivity contribution >= 4 is 29.2 Å². The standard InChI is InChI=1S/C24H30N4O4/c1-3-10-25-22(29)16-27-11-13-28(14-12-27)21-9-8-19(24(31)32)15-20(21)26-23(30)18-6-4-17(2)5-7-18/h4-9,15H,3,10-14,16H2,1-2H3,(H,25,29)(H,26,30)(H,31,32). The van der Waals surface area contributed by atoms with Gasteiger partial charge in [-0.05, 0) is 43.7 Å². The highest BCUT2D eigenvalue weighted by atomic mass is 16.4. The molecule has 8 nitrogen and oxygen atoms in total. The number of piperazine rings is 1. The van der Waals surface area contributed by atoms with E-state index >= 15 is 0 Å². The molecule has 1 heterocycles. The Balaban J connectivity index is 1.72. The maximum Gasteiger partial charge on any atom is 0.335 e. The van der Waals surface area contributed by atoms with Gasteiger partial charge in [0.1, 0.15) is 0 Å². The van der Waals surface area contributed by atoms with Crippen LogP contribution in [0.15, 0.2) is 42.5 Å². The van der Waals surface area contributed by atoms with Gasteiger partial charge in [0.25, 0.3) is 5.91 Å². The Labute approximate surface area is 188 Å². The van der Waals surface area contributed by atoms with E-state index in [0.717, 1.165) is 17.7 Å². The Morgan fingerprint density at radius 1 is 0.969 bits per heavy atom. The number of hydrogen-bond acceptors (Lipinski definition) is 5. The summed E-state index contributed by atoms with van der Waals surface area (Å²) in [5.74, 6) is -1.32. The van der Waals surface area contributed by atoms with Gasteiger partial charge in [0.05, 0.1) is 23.5 Å². The predicted octanol–water partition coefficient (Wildman–Crippen LogP) is 2.59. The van der Waals surface area contributed by atoms with E-state index < -0.39 is 5.97 Å². The highest BCUT2D eigenvalue weighted by molar-refractivity contribution is 6.06. The maximum absolute atomic E-state index is 12.8. The first kappa shape index (κ1) is 23.3. The Hall–Kier alpha value is -3.39. The minimum Gasteiger partial charge on any atom is -0.478 e. The molecule has 2 aromatic rings. The fourth-order valence-corrected chi connectivity index (χ4v) is 3.61. The zero-order chi connectivity index (χ0) is 23.1. The van der Waals surface area contributed by atoms with Gasteiger partial charge in [-0.3, -0.25) is 14.5 Å². The molecule has 1 aliphatic rings. The molecule has 1 saturated heterocycles. The Bertz CT molecular complexity index is 966. The third kappa shape index (κ3) is 6.07. The van der Waals surface area contributed by atoms with Gasteiger partial charge in [-0.2, -0.15) is 0 Å².